The molecule has 1 N–H and O–H groups in total. The number of nitrogens with zero attached hydrogens (tertiary/aromatic N) is 2. The fourth-order valence-electron chi connectivity index (χ4n) is 4.46. The van der Waals surface area contributed by atoms with Crippen LogP contribution in [0.15, 0.2) is 42.5 Å². The van der Waals surface area contributed by atoms with E-state index in [0.29, 0.717) is 6.42 Å². The first-order valence-corrected chi connectivity index (χ1v) is 13.2. The van der Waals surface area contributed by atoms with Crippen molar-refractivity contribution in [1.82, 2.24) is 5.32 Å². The number of nitro benzene ring substituents is 1. The van der Waals surface area contributed by atoms with Gasteiger partial charge in [-0.05, 0) is 61.3 Å². The number of hydrogen-bond donors (Lipinski definition) is 1. The summed E-state index contributed by atoms with van der Waals surface area (Å²) in [6.07, 6.45) is 6.31. The third-order valence-electron chi connectivity index (χ3n) is 6.12. The van der Waals surface area contributed by atoms with Gasteiger partial charge in [0, 0.05) is 12.1 Å². The first kappa shape index (κ1) is 24.7. The molecule has 178 valence electrons. The lowest BCUT2D eigenvalue weighted by Crippen LogP contribution is -2.50. The van der Waals surface area contributed by atoms with Crippen molar-refractivity contribution < 1.29 is 18.1 Å². The average molecular weight is 474 g/mol. The standard InChI is InChI=1S/C24H31N3O5S/c1-4-22(19-14-13-17-9-6-7-10-18(17)15-19)25-24(28)23(5-2)26(33(3,31)32)20-11-8-12-21(16-20)27(29)30/h8,11-16,22-23H,4-7,9-10H2,1-3H3,(H,25,28)/t22-,23+/m1/s1. The molecular formula is C24H31N3O5S. The number of hydrogen-bond acceptors (Lipinski definition) is 5. The van der Waals surface area contributed by atoms with Crippen LogP contribution in [0.2, 0.25) is 0 Å². The minimum absolute atomic E-state index is 0.0931. The van der Waals surface area contributed by atoms with E-state index in [1.165, 1.54) is 41.8 Å². The molecule has 0 saturated heterocycles. The Morgan fingerprint density at radius 3 is 2.39 bits per heavy atom. The van der Waals surface area contributed by atoms with Gasteiger partial charge in [-0.1, -0.05) is 38.1 Å². The van der Waals surface area contributed by atoms with Crippen molar-refractivity contribution in [2.75, 3.05) is 10.6 Å². The van der Waals surface area contributed by atoms with Crippen LogP contribution in [0.5, 0.6) is 0 Å². The van der Waals surface area contributed by atoms with Crippen LogP contribution in [-0.4, -0.2) is 31.5 Å². The number of carbonyl (C=O) groups excluding carboxylic acids is 1. The lowest BCUT2D eigenvalue weighted by atomic mass is 9.88. The fourth-order valence-corrected chi connectivity index (χ4v) is 5.67. The van der Waals surface area contributed by atoms with Gasteiger partial charge in [-0.2, -0.15) is 0 Å². The molecule has 0 heterocycles. The highest BCUT2D eigenvalue weighted by Crippen LogP contribution is 2.29. The number of amides is 1. The summed E-state index contributed by atoms with van der Waals surface area (Å²) in [5.41, 5.74) is 3.52. The Balaban J connectivity index is 1.90. The normalized spacial score (nSPS) is 15.2. The van der Waals surface area contributed by atoms with Crippen LogP contribution in [0, 0.1) is 10.1 Å². The number of sulfonamides is 1. The first-order chi connectivity index (χ1) is 15.7. The predicted octanol–water partition coefficient (Wildman–Crippen LogP) is 4.29. The largest absolute Gasteiger partial charge is 0.347 e. The first-order valence-electron chi connectivity index (χ1n) is 11.3. The summed E-state index contributed by atoms with van der Waals surface area (Å²) < 4.78 is 26.3. The van der Waals surface area contributed by atoms with Crippen LogP contribution >= 0.6 is 0 Å². The molecular weight excluding hydrogens is 442 g/mol. The topological polar surface area (TPSA) is 110 Å². The Labute approximate surface area is 195 Å². The molecule has 2 aromatic carbocycles. The SMILES string of the molecule is CC[C@@H](NC(=O)[C@H](CC)N(c1cccc([N+](=O)[O-])c1)S(C)(=O)=O)c1ccc2c(c1)CCCC2. The van der Waals surface area contributed by atoms with Crippen molar-refractivity contribution in [2.45, 2.75) is 64.5 Å². The molecule has 0 spiro atoms. The molecule has 8 nitrogen and oxygen atoms in total. The van der Waals surface area contributed by atoms with Gasteiger partial charge in [0.15, 0.2) is 0 Å². The molecule has 0 fully saturated rings. The molecule has 0 aliphatic heterocycles. The maximum Gasteiger partial charge on any atom is 0.271 e. The zero-order valence-corrected chi connectivity index (χ0v) is 20.1. The highest BCUT2D eigenvalue weighted by atomic mass is 32.2. The zero-order valence-electron chi connectivity index (χ0n) is 19.3. The van der Waals surface area contributed by atoms with E-state index >= 15 is 0 Å². The fraction of sp³-hybridized carbons (Fsp3) is 0.458. The Morgan fingerprint density at radius 1 is 1.09 bits per heavy atom. The van der Waals surface area contributed by atoms with Crippen LogP contribution < -0.4 is 9.62 Å². The number of rotatable bonds is 9. The Kier molecular flexibility index (Phi) is 7.73. The Morgan fingerprint density at radius 2 is 1.79 bits per heavy atom. The summed E-state index contributed by atoms with van der Waals surface area (Å²) >= 11 is 0. The lowest BCUT2D eigenvalue weighted by molar-refractivity contribution is -0.384. The molecule has 0 radical (unpaired) electrons. The van der Waals surface area contributed by atoms with Crippen LogP contribution in [0.4, 0.5) is 11.4 Å². The number of anilines is 1. The summed E-state index contributed by atoms with van der Waals surface area (Å²) in [5.74, 6) is -0.431. The Bertz CT molecular complexity index is 1130. The summed E-state index contributed by atoms with van der Waals surface area (Å²) in [5, 5.41) is 14.2. The van der Waals surface area contributed by atoms with Gasteiger partial charge in [0.1, 0.15) is 6.04 Å². The van der Waals surface area contributed by atoms with Crippen LogP contribution in [0.25, 0.3) is 0 Å². The summed E-state index contributed by atoms with van der Waals surface area (Å²) in [4.78, 5) is 23.9. The molecule has 0 bridgehead atoms. The number of nitro groups is 1. The van der Waals surface area contributed by atoms with Gasteiger partial charge < -0.3 is 5.32 Å². The summed E-state index contributed by atoms with van der Waals surface area (Å²) in [6, 6.07) is 10.4. The Hall–Kier alpha value is -2.94. The van der Waals surface area contributed by atoms with Gasteiger partial charge in [-0.25, -0.2) is 8.42 Å². The van der Waals surface area contributed by atoms with Gasteiger partial charge in [0.25, 0.3) is 5.69 Å². The summed E-state index contributed by atoms with van der Waals surface area (Å²) in [6.45, 7) is 3.69. The molecule has 0 aromatic heterocycles. The molecule has 0 unspecified atom stereocenters. The third kappa shape index (κ3) is 5.71. The average Bonchev–Trinajstić information content (AvgIpc) is 2.79. The molecule has 9 heteroatoms. The van der Waals surface area contributed by atoms with E-state index in [1.807, 2.05) is 13.0 Å². The quantitative estimate of drug-likeness (QED) is 0.432. The molecule has 1 aliphatic carbocycles. The zero-order chi connectivity index (χ0) is 24.2. The minimum atomic E-state index is -3.89. The second kappa shape index (κ2) is 10.3. The monoisotopic (exact) mass is 473 g/mol. The second-order valence-electron chi connectivity index (χ2n) is 8.46. The molecule has 3 rings (SSSR count). The number of carbonyl (C=O) groups is 1. The number of non-ortho nitro benzene ring substituents is 1. The maximum atomic E-state index is 13.3. The predicted molar refractivity (Wildman–Crippen MR) is 129 cm³/mol. The van der Waals surface area contributed by atoms with Crippen molar-refractivity contribution in [3.05, 3.63) is 69.3 Å². The third-order valence-corrected chi connectivity index (χ3v) is 7.30. The van der Waals surface area contributed by atoms with Crippen molar-refractivity contribution >= 4 is 27.3 Å². The van der Waals surface area contributed by atoms with E-state index in [0.717, 1.165) is 35.4 Å². The molecule has 2 aromatic rings. The molecule has 1 aliphatic rings. The molecule has 1 amide bonds. The number of nitrogens with one attached hydrogen (secondary N) is 1. The van der Waals surface area contributed by atoms with Gasteiger partial charge in [-0.3, -0.25) is 19.2 Å². The number of fused-ring (bicyclic) bond motifs is 1. The van der Waals surface area contributed by atoms with Crippen molar-refractivity contribution in [3.63, 3.8) is 0 Å². The van der Waals surface area contributed by atoms with Crippen molar-refractivity contribution in [3.8, 4) is 0 Å². The smallest absolute Gasteiger partial charge is 0.271 e. The second-order valence-corrected chi connectivity index (χ2v) is 10.3. The van der Waals surface area contributed by atoms with E-state index < -0.39 is 26.9 Å². The van der Waals surface area contributed by atoms with E-state index in [2.05, 4.69) is 17.4 Å². The molecule has 33 heavy (non-hydrogen) atoms. The van der Waals surface area contributed by atoms with Gasteiger partial charge in [0.2, 0.25) is 15.9 Å². The number of aryl methyl sites for hydroxylation is 2. The molecule has 0 saturated carbocycles. The van der Waals surface area contributed by atoms with Crippen LogP contribution in [-0.2, 0) is 27.7 Å². The van der Waals surface area contributed by atoms with E-state index in [1.54, 1.807) is 6.92 Å². The lowest BCUT2D eigenvalue weighted by Gasteiger charge is -2.31. The van der Waals surface area contributed by atoms with E-state index in [4.69, 9.17) is 0 Å². The maximum absolute atomic E-state index is 13.3. The van der Waals surface area contributed by atoms with Crippen LogP contribution in [0.3, 0.4) is 0 Å². The highest BCUT2D eigenvalue weighted by Gasteiger charge is 2.33. The summed E-state index contributed by atoms with van der Waals surface area (Å²) in [7, 11) is -3.89. The highest BCUT2D eigenvalue weighted by molar-refractivity contribution is 7.92. The van der Waals surface area contributed by atoms with Gasteiger partial charge in [0.05, 0.1) is 22.9 Å². The minimum Gasteiger partial charge on any atom is -0.347 e. The molecule has 2 atom stereocenters. The van der Waals surface area contributed by atoms with Crippen LogP contribution in [0.1, 0.15) is 62.3 Å². The number of benzene rings is 2. The van der Waals surface area contributed by atoms with E-state index in [9.17, 15) is 23.3 Å². The van der Waals surface area contributed by atoms with Crippen molar-refractivity contribution in [2.24, 2.45) is 0 Å². The van der Waals surface area contributed by atoms with Crippen molar-refractivity contribution in [1.29, 1.82) is 0 Å². The van der Waals surface area contributed by atoms with Gasteiger partial charge >= 0.3 is 0 Å². The van der Waals surface area contributed by atoms with Gasteiger partial charge in [-0.15, -0.1) is 0 Å². The van der Waals surface area contributed by atoms with E-state index in [-0.39, 0.29) is 23.8 Å².